The topological polar surface area (TPSA) is 40.2 Å². The third-order valence-electron chi connectivity index (χ3n) is 6.87. The lowest BCUT2D eigenvalue weighted by Crippen LogP contribution is -2.49. The Kier molecular flexibility index (Phi) is 5.24. The van der Waals surface area contributed by atoms with Crippen LogP contribution in [0.1, 0.15) is 66.5 Å². The fraction of sp³-hybridized carbons (Fsp3) is 0.714. The maximum atomic E-state index is 6.40. The second-order valence-corrected chi connectivity index (χ2v) is 10.1. The molecule has 2 saturated heterocycles. The van der Waals surface area contributed by atoms with Gasteiger partial charge in [-0.1, -0.05) is 18.2 Å². The number of nitrogens with zero attached hydrogens (tertiary/aromatic N) is 1. The molecule has 0 atom stereocenters. The van der Waals surface area contributed by atoms with Crippen LogP contribution < -0.4 is 4.81 Å². The highest BCUT2D eigenvalue weighted by atomic mass is 16.7. The van der Waals surface area contributed by atoms with Gasteiger partial charge < -0.3 is 23.4 Å². The van der Waals surface area contributed by atoms with Gasteiger partial charge in [0.2, 0.25) is 0 Å². The Labute approximate surface area is 171 Å². The van der Waals surface area contributed by atoms with Crippen LogP contribution in [0, 0.1) is 13.8 Å². The number of hydrogen-bond acceptors (Lipinski definition) is 5. The van der Waals surface area contributed by atoms with Crippen LogP contribution in [0.2, 0.25) is 0 Å². The Bertz CT molecular complexity index is 696. The van der Waals surface area contributed by atoms with Crippen molar-refractivity contribution in [2.75, 3.05) is 11.3 Å². The predicted octanol–water partition coefficient (Wildman–Crippen LogP) is 4.33. The molecular weight excluding hydrogens is 352 g/mol. The zero-order valence-corrected chi connectivity index (χ0v) is 19.2. The molecular formula is C21H35B2NO4. The highest BCUT2D eigenvalue weighted by Gasteiger charge is 2.57. The minimum atomic E-state index is -0.510. The molecule has 3 rings (SSSR count). The van der Waals surface area contributed by atoms with E-state index in [1.54, 1.807) is 0 Å². The summed E-state index contributed by atoms with van der Waals surface area (Å²) in [6.45, 7) is 20.8. The molecule has 28 heavy (non-hydrogen) atoms. The van der Waals surface area contributed by atoms with E-state index in [1.165, 1.54) is 11.1 Å². The van der Waals surface area contributed by atoms with Crippen LogP contribution >= 0.6 is 0 Å². The number of rotatable bonds is 4. The van der Waals surface area contributed by atoms with Gasteiger partial charge in [0, 0.05) is 12.1 Å². The lowest BCUT2D eigenvalue weighted by molar-refractivity contribution is 0.00578. The summed E-state index contributed by atoms with van der Waals surface area (Å²) in [7, 11) is -0.883. The van der Waals surface area contributed by atoms with Gasteiger partial charge in [-0.2, -0.15) is 0 Å². The fourth-order valence-electron chi connectivity index (χ4n) is 3.68. The summed E-state index contributed by atoms with van der Waals surface area (Å²) in [4.78, 5) is 2.16. The second kappa shape index (κ2) is 6.76. The summed E-state index contributed by atoms with van der Waals surface area (Å²) >= 11 is 0. The zero-order valence-electron chi connectivity index (χ0n) is 19.2. The number of aryl methyl sites for hydroxylation is 2. The molecule has 0 saturated carbocycles. The van der Waals surface area contributed by atoms with Gasteiger partial charge in [-0.3, -0.25) is 0 Å². The minimum Gasteiger partial charge on any atom is -0.402 e. The average Bonchev–Trinajstić information content (AvgIpc) is 2.85. The van der Waals surface area contributed by atoms with Gasteiger partial charge >= 0.3 is 14.4 Å². The smallest absolute Gasteiger partial charge is 0.402 e. The highest BCUT2D eigenvalue weighted by Crippen LogP contribution is 2.41. The SMILES string of the molecule is Cc1cccc(C)c1N(CB1OC(C)(C)C(C)(C)O1)B1OC(C)(C)C(C)(C)O1. The quantitative estimate of drug-likeness (QED) is 0.720. The highest BCUT2D eigenvalue weighted by molar-refractivity contribution is 6.56. The third-order valence-corrected chi connectivity index (χ3v) is 6.87. The van der Waals surface area contributed by atoms with E-state index in [0.717, 1.165) is 5.69 Å². The Morgan fingerprint density at radius 2 is 1.11 bits per heavy atom. The predicted molar refractivity (Wildman–Crippen MR) is 115 cm³/mol. The van der Waals surface area contributed by atoms with E-state index in [1.807, 2.05) is 0 Å². The Morgan fingerprint density at radius 3 is 1.54 bits per heavy atom. The van der Waals surface area contributed by atoms with Crippen LogP contribution in [-0.2, 0) is 18.6 Å². The molecule has 1 aromatic rings. The molecule has 0 N–H and O–H groups in total. The van der Waals surface area contributed by atoms with Gasteiger partial charge in [-0.05, 0) is 80.4 Å². The molecule has 0 unspecified atom stereocenters. The standard InChI is InChI=1S/C21H35B2NO4/c1-15-12-11-13-16(2)17(15)24(23-27-20(7,8)21(9,10)28-23)14-22-25-18(3,4)19(5,6)26-22/h11-13H,14H2,1-10H3. The molecule has 0 bridgehead atoms. The van der Waals surface area contributed by atoms with Crippen molar-refractivity contribution in [2.45, 2.75) is 91.6 Å². The lowest BCUT2D eigenvalue weighted by atomic mass is 9.83. The molecule has 0 radical (unpaired) electrons. The molecule has 2 aliphatic heterocycles. The molecule has 7 heteroatoms. The van der Waals surface area contributed by atoms with Crippen molar-refractivity contribution in [3.8, 4) is 0 Å². The molecule has 0 spiro atoms. The van der Waals surface area contributed by atoms with Gasteiger partial charge in [-0.25, -0.2) is 0 Å². The first-order chi connectivity index (χ1) is 12.7. The number of benzene rings is 1. The summed E-state index contributed by atoms with van der Waals surface area (Å²) in [5, 5.41) is 0. The molecule has 2 fully saturated rings. The van der Waals surface area contributed by atoms with Crippen LogP contribution in [0.15, 0.2) is 18.2 Å². The van der Waals surface area contributed by atoms with E-state index in [-0.39, 0.29) is 18.3 Å². The van der Waals surface area contributed by atoms with Crippen LogP contribution in [0.25, 0.3) is 0 Å². The molecule has 154 valence electrons. The Morgan fingerprint density at radius 1 is 0.714 bits per heavy atom. The molecule has 0 aliphatic carbocycles. The normalized spacial score (nSPS) is 24.6. The maximum Gasteiger partial charge on any atom is 0.593 e. The van der Waals surface area contributed by atoms with Gasteiger partial charge in [0.05, 0.1) is 22.4 Å². The second-order valence-electron chi connectivity index (χ2n) is 10.1. The van der Waals surface area contributed by atoms with E-state index >= 15 is 0 Å². The summed E-state index contributed by atoms with van der Waals surface area (Å²) in [5.41, 5.74) is 1.87. The van der Waals surface area contributed by atoms with Crippen molar-refractivity contribution in [3.05, 3.63) is 29.3 Å². The summed E-state index contributed by atoms with van der Waals surface area (Å²) in [5.74, 6) is 0. The van der Waals surface area contributed by atoms with Crippen LogP contribution in [-0.4, -0.2) is 43.2 Å². The van der Waals surface area contributed by atoms with E-state index < -0.39 is 18.5 Å². The van der Waals surface area contributed by atoms with Crippen LogP contribution in [0.4, 0.5) is 5.69 Å². The summed E-state index contributed by atoms with van der Waals surface area (Å²) in [6, 6.07) is 6.31. The van der Waals surface area contributed by atoms with E-state index in [4.69, 9.17) is 18.6 Å². The third kappa shape index (κ3) is 3.62. The first kappa shape index (κ1) is 21.7. The molecule has 1 aromatic carbocycles. The Balaban J connectivity index is 1.96. The van der Waals surface area contributed by atoms with E-state index in [0.29, 0.717) is 6.44 Å². The zero-order chi connectivity index (χ0) is 21.1. The number of hydrogen-bond donors (Lipinski definition) is 0. The van der Waals surface area contributed by atoms with Crippen molar-refractivity contribution in [1.82, 2.24) is 0 Å². The number of anilines is 1. The monoisotopic (exact) mass is 387 g/mol. The van der Waals surface area contributed by atoms with Crippen molar-refractivity contribution < 1.29 is 18.6 Å². The first-order valence-electron chi connectivity index (χ1n) is 10.2. The minimum absolute atomic E-state index is 0.372. The van der Waals surface area contributed by atoms with Gasteiger partial charge in [0.1, 0.15) is 0 Å². The molecule has 0 amide bonds. The average molecular weight is 387 g/mol. The fourth-order valence-corrected chi connectivity index (χ4v) is 3.68. The molecule has 5 nitrogen and oxygen atoms in total. The lowest BCUT2D eigenvalue weighted by Gasteiger charge is -2.32. The maximum absolute atomic E-state index is 6.40. The van der Waals surface area contributed by atoms with Gasteiger partial charge in [0.15, 0.2) is 0 Å². The van der Waals surface area contributed by atoms with Gasteiger partial charge in [0.25, 0.3) is 0 Å². The first-order valence-corrected chi connectivity index (χ1v) is 10.2. The van der Waals surface area contributed by atoms with E-state index in [9.17, 15) is 0 Å². The van der Waals surface area contributed by atoms with Gasteiger partial charge in [-0.15, -0.1) is 0 Å². The number of para-hydroxylation sites is 1. The molecule has 0 aromatic heterocycles. The summed E-state index contributed by atoms with van der Waals surface area (Å²) < 4.78 is 25.4. The van der Waals surface area contributed by atoms with E-state index in [2.05, 4.69) is 92.2 Å². The van der Waals surface area contributed by atoms with Crippen molar-refractivity contribution in [3.63, 3.8) is 0 Å². The van der Waals surface area contributed by atoms with Crippen molar-refractivity contribution >= 4 is 20.1 Å². The van der Waals surface area contributed by atoms with Crippen molar-refractivity contribution in [1.29, 1.82) is 0 Å². The van der Waals surface area contributed by atoms with Crippen LogP contribution in [0.3, 0.4) is 0 Å². The summed E-state index contributed by atoms with van der Waals surface area (Å²) in [6.07, 6.45) is 0.523. The Hall–Kier alpha value is -1.01. The largest absolute Gasteiger partial charge is 0.593 e. The molecule has 2 heterocycles. The van der Waals surface area contributed by atoms with Crippen molar-refractivity contribution in [2.24, 2.45) is 0 Å². The molecule has 2 aliphatic rings. The van der Waals surface area contributed by atoms with Crippen LogP contribution in [0.5, 0.6) is 0 Å².